The lowest BCUT2D eigenvalue weighted by molar-refractivity contribution is 0.0917. The van der Waals surface area contributed by atoms with E-state index in [2.05, 4.69) is 15.9 Å². The maximum absolute atomic E-state index is 13.7. The number of carbonyl (C=O) groups excluding carboxylic acids is 1. The summed E-state index contributed by atoms with van der Waals surface area (Å²) in [7, 11) is 0. The molecule has 0 aliphatic rings. The third kappa shape index (κ3) is 2.96. The van der Waals surface area contributed by atoms with Crippen LogP contribution in [0.2, 0.25) is 0 Å². The molecule has 0 unspecified atom stereocenters. The van der Waals surface area contributed by atoms with E-state index in [1.54, 1.807) is 36.4 Å². The van der Waals surface area contributed by atoms with Gasteiger partial charge in [0.05, 0.1) is 10.0 Å². The molecule has 0 aromatic heterocycles. The van der Waals surface area contributed by atoms with Gasteiger partial charge in [-0.25, -0.2) is 4.39 Å². The average molecular weight is 309 g/mol. The van der Waals surface area contributed by atoms with Crippen molar-refractivity contribution in [2.75, 3.05) is 6.61 Å². The molecule has 0 saturated heterocycles. The number of rotatable bonds is 4. The number of carbonyl (C=O) groups is 1. The SMILES string of the molecule is O=C(COc1ccccc1)c1cccc(Br)c1F. The number of ether oxygens (including phenoxy) is 1. The van der Waals surface area contributed by atoms with Gasteiger partial charge in [-0.05, 0) is 40.2 Å². The Bertz CT molecular complexity index is 555. The fourth-order valence-electron chi connectivity index (χ4n) is 1.46. The highest BCUT2D eigenvalue weighted by Crippen LogP contribution is 2.19. The van der Waals surface area contributed by atoms with E-state index in [1.807, 2.05) is 6.07 Å². The predicted molar refractivity (Wildman–Crippen MR) is 70.4 cm³/mol. The van der Waals surface area contributed by atoms with Gasteiger partial charge >= 0.3 is 0 Å². The summed E-state index contributed by atoms with van der Waals surface area (Å²) in [5.74, 6) is -0.363. The summed E-state index contributed by atoms with van der Waals surface area (Å²) < 4.78 is 19.2. The lowest BCUT2D eigenvalue weighted by Crippen LogP contribution is -2.13. The van der Waals surface area contributed by atoms with Gasteiger partial charge in [0.2, 0.25) is 5.78 Å². The van der Waals surface area contributed by atoms with Crippen LogP contribution >= 0.6 is 15.9 Å². The first kappa shape index (κ1) is 12.8. The van der Waals surface area contributed by atoms with E-state index in [4.69, 9.17) is 4.74 Å². The Labute approximate surface area is 113 Å². The molecule has 0 bridgehead atoms. The predicted octanol–water partition coefficient (Wildman–Crippen LogP) is 3.85. The van der Waals surface area contributed by atoms with Crippen LogP contribution in [0.4, 0.5) is 4.39 Å². The number of para-hydroxylation sites is 1. The Morgan fingerprint density at radius 2 is 1.83 bits per heavy atom. The van der Waals surface area contributed by atoms with Gasteiger partial charge < -0.3 is 4.74 Å². The zero-order chi connectivity index (χ0) is 13.0. The van der Waals surface area contributed by atoms with Crippen LogP contribution in [-0.4, -0.2) is 12.4 Å². The molecule has 0 spiro atoms. The van der Waals surface area contributed by atoms with Crippen molar-refractivity contribution in [2.45, 2.75) is 0 Å². The smallest absolute Gasteiger partial charge is 0.203 e. The molecular formula is C14H10BrFO2. The van der Waals surface area contributed by atoms with E-state index in [9.17, 15) is 9.18 Å². The minimum absolute atomic E-state index is 0.0281. The number of hydrogen-bond acceptors (Lipinski definition) is 2. The van der Waals surface area contributed by atoms with Gasteiger partial charge in [0, 0.05) is 0 Å². The van der Waals surface area contributed by atoms with E-state index < -0.39 is 11.6 Å². The summed E-state index contributed by atoms with van der Waals surface area (Å²) in [6.45, 7) is -0.183. The van der Waals surface area contributed by atoms with Crippen LogP contribution < -0.4 is 4.74 Å². The maximum Gasteiger partial charge on any atom is 0.203 e. The normalized spacial score (nSPS) is 10.1. The molecule has 0 N–H and O–H groups in total. The molecule has 0 fully saturated rings. The molecule has 2 nitrogen and oxygen atoms in total. The Balaban J connectivity index is 2.07. The highest BCUT2D eigenvalue weighted by atomic mass is 79.9. The molecule has 0 amide bonds. The maximum atomic E-state index is 13.7. The van der Waals surface area contributed by atoms with E-state index in [-0.39, 0.29) is 16.6 Å². The Morgan fingerprint density at radius 1 is 1.11 bits per heavy atom. The van der Waals surface area contributed by atoms with Crippen molar-refractivity contribution in [3.05, 3.63) is 64.4 Å². The molecule has 92 valence electrons. The first-order chi connectivity index (χ1) is 8.68. The van der Waals surface area contributed by atoms with Crippen LogP contribution in [0.25, 0.3) is 0 Å². The molecule has 2 aromatic rings. The lowest BCUT2D eigenvalue weighted by Gasteiger charge is -2.06. The molecule has 0 aliphatic carbocycles. The summed E-state index contributed by atoms with van der Waals surface area (Å²) >= 11 is 3.04. The second-order valence-electron chi connectivity index (χ2n) is 3.63. The first-order valence-corrected chi connectivity index (χ1v) is 6.13. The van der Waals surface area contributed by atoms with E-state index >= 15 is 0 Å². The Hall–Kier alpha value is -1.68. The number of ketones is 1. The van der Waals surface area contributed by atoms with Crippen molar-refractivity contribution in [3.8, 4) is 5.75 Å². The summed E-state index contributed by atoms with van der Waals surface area (Å²) in [5.41, 5.74) is 0.0281. The zero-order valence-corrected chi connectivity index (χ0v) is 11.0. The second kappa shape index (κ2) is 5.78. The first-order valence-electron chi connectivity index (χ1n) is 5.33. The number of benzene rings is 2. The standard InChI is InChI=1S/C14H10BrFO2/c15-12-8-4-7-11(14(12)16)13(17)9-18-10-5-2-1-3-6-10/h1-8H,9H2. The summed E-state index contributed by atoms with van der Waals surface area (Å²) in [6.07, 6.45) is 0. The van der Waals surface area contributed by atoms with Crippen LogP contribution in [0, 0.1) is 5.82 Å². The van der Waals surface area contributed by atoms with Gasteiger partial charge in [0.1, 0.15) is 11.6 Å². The molecule has 0 atom stereocenters. The van der Waals surface area contributed by atoms with Crippen LogP contribution in [0.3, 0.4) is 0 Å². The van der Waals surface area contributed by atoms with Crippen molar-refractivity contribution < 1.29 is 13.9 Å². The average Bonchev–Trinajstić information content (AvgIpc) is 2.40. The molecular weight excluding hydrogens is 299 g/mol. The van der Waals surface area contributed by atoms with E-state index in [1.165, 1.54) is 6.07 Å². The Kier molecular flexibility index (Phi) is 4.10. The monoisotopic (exact) mass is 308 g/mol. The van der Waals surface area contributed by atoms with E-state index in [0.717, 1.165) is 0 Å². The molecule has 2 rings (SSSR count). The molecule has 2 aromatic carbocycles. The summed E-state index contributed by atoms with van der Waals surface area (Å²) in [6, 6.07) is 13.5. The van der Waals surface area contributed by atoms with Crippen molar-refractivity contribution in [2.24, 2.45) is 0 Å². The minimum atomic E-state index is -0.556. The fraction of sp³-hybridized carbons (Fsp3) is 0.0714. The van der Waals surface area contributed by atoms with Crippen molar-refractivity contribution >= 4 is 21.7 Å². The lowest BCUT2D eigenvalue weighted by atomic mass is 10.1. The molecule has 0 aliphatic heterocycles. The van der Waals surface area contributed by atoms with Crippen molar-refractivity contribution in [3.63, 3.8) is 0 Å². The third-order valence-electron chi connectivity index (χ3n) is 2.37. The summed E-state index contributed by atoms with van der Waals surface area (Å²) in [5, 5.41) is 0. The number of hydrogen-bond donors (Lipinski definition) is 0. The number of Topliss-reactive ketones (excluding diaryl/α,β-unsaturated/α-hetero) is 1. The van der Waals surface area contributed by atoms with Crippen molar-refractivity contribution in [1.82, 2.24) is 0 Å². The highest BCUT2D eigenvalue weighted by Gasteiger charge is 2.14. The van der Waals surface area contributed by atoms with Crippen LogP contribution in [0.15, 0.2) is 53.0 Å². The second-order valence-corrected chi connectivity index (χ2v) is 4.48. The Morgan fingerprint density at radius 3 is 2.56 bits per heavy atom. The molecule has 4 heteroatoms. The summed E-state index contributed by atoms with van der Waals surface area (Å²) in [4.78, 5) is 11.8. The zero-order valence-electron chi connectivity index (χ0n) is 9.40. The van der Waals surface area contributed by atoms with Gasteiger partial charge in [-0.3, -0.25) is 4.79 Å². The minimum Gasteiger partial charge on any atom is -0.485 e. The van der Waals surface area contributed by atoms with Crippen LogP contribution in [-0.2, 0) is 0 Å². The molecule has 0 radical (unpaired) electrons. The molecule has 0 saturated carbocycles. The molecule has 0 heterocycles. The quantitative estimate of drug-likeness (QED) is 0.802. The highest BCUT2D eigenvalue weighted by molar-refractivity contribution is 9.10. The number of halogens is 2. The van der Waals surface area contributed by atoms with Gasteiger partial charge in [-0.1, -0.05) is 24.3 Å². The van der Waals surface area contributed by atoms with Crippen LogP contribution in [0.5, 0.6) is 5.75 Å². The fourth-order valence-corrected chi connectivity index (χ4v) is 1.83. The van der Waals surface area contributed by atoms with Gasteiger partial charge in [-0.2, -0.15) is 0 Å². The van der Waals surface area contributed by atoms with Gasteiger partial charge in [0.15, 0.2) is 6.61 Å². The topological polar surface area (TPSA) is 26.3 Å². The van der Waals surface area contributed by atoms with Gasteiger partial charge in [0.25, 0.3) is 0 Å². The molecule has 18 heavy (non-hydrogen) atoms. The van der Waals surface area contributed by atoms with Crippen LogP contribution in [0.1, 0.15) is 10.4 Å². The largest absolute Gasteiger partial charge is 0.485 e. The third-order valence-corrected chi connectivity index (χ3v) is 2.98. The van der Waals surface area contributed by atoms with E-state index in [0.29, 0.717) is 5.75 Å². The van der Waals surface area contributed by atoms with Crippen molar-refractivity contribution in [1.29, 1.82) is 0 Å². The van der Waals surface area contributed by atoms with Gasteiger partial charge in [-0.15, -0.1) is 0 Å².